The lowest BCUT2D eigenvalue weighted by Gasteiger charge is -2.21. The molecule has 1 aromatic carbocycles. The molecule has 1 unspecified atom stereocenters. The Hall–Kier alpha value is -0.380. The zero-order valence-electron chi connectivity index (χ0n) is 11.2. The Balaban J connectivity index is 2.00. The predicted octanol–water partition coefficient (Wildman–Crippen LogP) is 3.53. The average Bonchev–Trinajstić information content (AvgIpc) is 2.57. The Bertz CT molecular complexity index is 392. The highest BCUT2D eigenvalue weighted by Gasteiger charge is 2.14. The van der Waals surface area contributed by atoms with Gasteiger partial charge in [-0.25, -0.2) is 0 Å². The van der Waals surface area contributed by atoms with Gasteiger partial charge in [-0.05, 0) is 55.5 Å². The molecule has 1 aromatic rings. The van der Waals surface area contributed by atoms with Gasteiger partial charge in [0.1, 0.15) is 0 Å². The summed E-state index contributed by atoms with van der Waals surface area (Å²) in [5.74, 6) is 0.887. The second-order valence-electron chi connectivity index (χ2n) is 5.44. The van der Waals surface area contributed by atoms with Crippen LogP contribution in [0.5, 0.6) is 0 Å². The molecule has 0 radical (unpaired) electrons. The lowest BCUT2D eigenvalue weighted by Crippen LogP contribution is -2.24. The molecule has 1 saturated heterocycles. The molecule has 2 rings (SSSR count). The SMILES string of the molecule is CC1CCCN(Cc2ccc(CN)cc2Br)CC1. The largest absolute Gasteiger partial charge is 0.326 e. The van der Waals surface area contributed by atoms with Crippen molar-refractivity contribution in [3.63, 3.8) is 0 Å². The first-order chi connectivity index (χ1) is 8.69. The summed E-state index contributed by atoms with van der Waals surface area (Å²) < 4.78 is 1.20. The van der Waals surface area contributed by atoms with Crippen LogP contribution >= 0.6 is 15.9 Å². The van der Waals surface area contributed by atoms with Crippen molar-refractivity contribution in [2.24, 2.45) is 11.7 Å². The minimum absolute atomic E-state index is 0.611. The van der Waals surface area contributed by atoms with E-state index in [-0.39, 0.29) is 0 Å². The van der Waals surface area contributed by atoms with Gasteiger partial charge < -0.3 is 5.73 Å². The molecule has 0 bridgehead atoms. The highest BCUT2D eigenvalue weighted by atomic mass is 79.9. The van der Waals surface area contributed by atoms with Gasteiger partial charge in [0.2, 0.25) is 0 Å². The molecule has 2 nitrogen and oxygen atoms in total. The second-order valence-corrected chi connectivity index (χ2v) is 6.30. The molecule has 1 heterocycles. The van der Waals surface area contributed by atoms with Crippen molar-refractivity contribution in [1.29, 1.82) is 0 Å². The van der Waals surface area contributed by atoms with E-state index in [4.69, 9.17) is 5.73 Å². The van der Waals surface area contributed by atoms with Crippen LogP contribution in [0.2, 0.25) is 0 Å². The summed E-state index contributed by atoms with van der Waals surface area (Å²) in [6.45, 7) is 6.50. The number of hydrogen-bond acceptors (Lipinski definition) is 2. The summed E-state index contributed by atoms with van der Waals surface area (Å²) in [6, 6.07) is 6.50. The van der Waals surface area contributed by atoms with Gasteiger partial charge in [-0.3, -0.25) is 4.90 Å². The molecule has 0 aromatic heterocycles. The summed E-state index contributed by atoms with van der Waals surface area (Å²) >= 11 is 3.66. The summed E-state index contributed by atoms with van der Waals surface area (Å²) in [6.07, 6.45) is 4.04. The highest BCUT2D eigenvalue weighted by Crippen LogP contribution is 2.23. The maximum absolute atomic E-state index is 5.66. The molecule has 1 aliphatic rings. The highest BCUT2D eigenvalue weighted by molar-refractivity contribution is 9.10. The fourth-order valence-electron chi connectivity index (χ4n) is 2.57. The molecule has 1 fully saturated rings. The molecule has 0 spiro atoms. The Morgan fingerprint density at radius 2 is 2.17 bits per heavy atom. The van der Waals surface area contributed by atoms with Crippen LogP contribution in [0.1, 0.15) is 37.3 Å². The summed E-state index contributed by atoms with van der Waals surface area (Å²) in [5.41, 5.74) is 8.22. The van der Waals surface area contributed by atoms with Crippen LogP contribution in [0.25, 0.3) is 0 Å². The number of halogens is 1. The molecular weight excluding hydrogens is 288 g/mol. The van der Waals surface area contributed by atoms with Gasteiger partial charge in [0.15, 0.2) is 0 Å². The molecular formula is C15H23BrN2. The minimum atomic E-state index is 0.611. The van der Waals surface area contributed by atoms with Crippen molar-refractivity contribution in [2.45, 2.75) is 39.3 Å². The number of hydrogen-bond donors (Lipinski definition) is 1. The van der Waals surface area contributed by atoms with E-state index in [1.54, 1.807) is 0 Å². The van der Waals surface area contributed by atoms with Gasteiger partial charge in [-0.15, -0.1) is 0 Å². The molecule has 0 amide bonds. The summed E-state index contributed by atoms with van der Waals surface area (Å²) in [4.78, 5) is 2.58. The smallest absolute Gasteiger partial charge is 0.0244 e. The van der Waals surface area contributed by atoms with Crippen LogP contribution in [-0.2, 0) is 13.1 Å². The van der Waals surface area contributed by atoms with Gasteiger partial charge in [0.25, 0.3) is 0 Å². The Morgan fingerprint density at radius 1 is 1.33 bits per heavy atom. The number of rotatable bonds is 3. The van der Waals surface area contributed by atoms with E-state index in [1.165, 1.54) is 48.0 Å². The third kappa shape index (κ3) is 3.81. The van der Waals surface area contributed by atoms with Gasteiger partial charge in [-0.2, -0.15) is 0 Å². The van der Waals surface area contributed by atoms with Gasteiger partial charge >= 0.3 is 0 Å². The maximum Gasteiger partial charge on any atom is 0.0244 e. The molecule has 0 saturated carbocycles. The van der Waals surface area contributed by atoms with Crippen LogP contribution in [0.15, 0.2) is 22.7 Å². The van der Waals surface area contributed by atoms with Crippen LogP contribution < -0.4 is 5.73 Å². The van der Waals surface area contributed by atoms with Crippen LogP contribution in [-0.4, -0.2) is 18.0 Å². The number of likely N-dealkylation sites (tertiary alicyclic amines) is 1. The van der Waals surface area contributed by atoms with E-state index in [1.807, 2.05) is 0 Å². The lowest BCUT2D eigenvalue weighted by atomic mass is 10.0. The van der Waals surface area contributed by atoms with Gasteiger partial charge in [-0.1, -0.05) is 35.0 Å². The predicted molar refractivity (Wildman–Crippen MR) is 80.3 cm³/mol. The van der Waals surface area contributed by atoms with E-state index in [0.29, 0.717) is 6.54 Å². The molecule has 2 N–H and O–H groups in total. The van der Waals surface area contributed by atoms with Crippen molar-refractivity contribution in [3.05, 3.63) is 33.8 Å². The van der Waals surface area contributed by atoms with Crippen molar-refractivity contribution in [2.75, 3.05) is 13.1 Å². The molecule has 100 valence electrons. The Morgan fingerprint density at radius 3 is 2.89 bits per heavy atom. The molecule has 18 heavy (non-hydrogen) atoms. The zero-order valence-corrected chi connectivity index (χ0v) is 12.7. The van der Waals surface area contributed by atoms with Crippen molar-refractivity contribution in [3.8, 4) is 0 Å². The molecule has 3 heteroatoms. The van der Waals surface area contributed by atoms with Gasteiger partial charge in [0, 0.05) is 17.6 Å². The van der Waals surface area contributed by atoms with Crippen LogP contribution in [0, 0.1) is 5.92 Å². The maximum atomic E-state index is 5.66. The van der Waals surface area contributed by atoms with E-state index in [2.05, 4.69) is 46.0 Å². The van der Waals surface area contributed by atoms with Gasteiger partial charge in [0.05, 0.1) is 0 Å². The van der Waals surface area contributed by atoms with E-state index in [9.17, 15) is 0 Å². The average molecular weight is 311 g/mol. The van der Waals surface area contributed by atoms with Crippen LogP contribution in [0.4, 0.5) is 0 Å². The monoisotopic (exact) mass is 310 g/mol. The topological polar surface area (TPSA) is 29.3 Å². The van der Waals surface area contributed by atoms with E-state index < -0.39 is 0 Å². The molecule has 0 aliphatic carbocycles. The lowest BCUT2D eigenvalue weighted by molar-refractivity contribution is 0.273. The van der Waals surface area contributed by atoms with E-state index in [0.717, 1.165) is 12.5 Å². The Kier molecular flexibility index (Phi) is 5.22. The first kappa shape index (κ1) is 14.0. The first-order valence-corrected chi connectivity index (χ1v) is 7.68. The molecule has 1 aliphatic heterocycles. The van der Waals surface area contributed by atoms with E-state index >= 15 is 0 Å². The fourth-order valence-corrected chi connectivity index (χ4v) is 3.12. The molecule has 1 atom stereocenters. The fraction of sp³-hybridized carbons (Fsp3) is 0.600. The Labute approximate surface area is 119 Å². The van der Waals surface area contributed by atoms with Crippen molar-refractivity contribution in [1.82, 2.24) is 4.90 Å². The normalized spacial score (nSPS) is 21.8. The third-order valence-electron chi connectivity index (χ3n) is 3.86. The standard InChI is InChI=1S/C15H23BrN2/c1-12-3-2-7-18(8-6-12)11-14-5-4-13(10-17)9-15(14)16/h4-5,9,12H,2-3,6-8,10-11,17H2,1H3. The van der Waals surface area contributed by atoms with Crippen molar-refractivity contribution < 1.29 is 0 Å². The quantitative estimate of drug-likeness (QED) is 0.925. The second kappa shape index (κ2) is 6.69. The number of nitrogens with zero attached hydrogens (tertiary/aromatic N) is 1. The summed E-state index contributed by atoms with van der Waals surface area (Å²) in [7, 11) is 0. The first-order valence-electron chi connectivity index (χ1n) is 6.88. The minimum Gasteiger partial charge on any atom is -0.326 e. The third-order valence-corrected chi connectivity index (χ3v) is 4.59. The zero-order chi connectivity index (χ0) is 13.0. The summed E-state index contributed by atoms with van der Waals surface area (Å²) in [5, 5.41) is 0. The van der Waals surface area contributed by atoms with Crippen LogP contribution in [0.3, 0.4) is 0 Å². The van der Waals surface area contributed by atoms with Crippen molar-refractivity contribution >= 4 is 15.9 Å². The number of nitrogens with two attached hydrogens (primary N) is 1. The number of benzene rings is 1.